The first-order valence-electron chi connectivity index (χ1n) is 10.1. The van der Waals surface area contributed by atoms with E-state index in [2.05, 4.69) is 47.0 Å². The monoisotopic (exact) mass is 579 g/mol. The number of nitrogens with zero attached hydrogens (tertiary/aromatic N) is 2. The van der Waals surface area contributed by atoms with Gasteiger partial charge in [0, 0.05) is 26.9 Å². The van der Waals surface area contributed by atoms with E-state index < -0.39 is 0 Å². The van der Waals surface area contributed by atoms with Gasteiger partial charge in [-0.05, 0) is 52.3 Å². The first-order valence-corrected chi connectivity index (χ1v) is 11.7. The standard InChI is InChI=1S/C25H15Br2N3O4/c1-33-23-13(11-14(26)12-19(23)27)9-10-20-29-30-25(34-20)18-8-4-7-17-21(18)28-24(32)16-6-3-2-5-15(16)22(17)31/h2-12H,1H3,(H,28,32)/b10-9+. The molecule has 0 aliphatic carbocycles. The van der Waals surface area contributed by atoms with Crippen LogP contribution in [0.2, 0.25) is 0 Å². The molecule has 7 nitrogen and oxygen atoms in total. The van der Waals surface area contributed by atoms with Gasteiger partial charge < -0.3 is 14.1 Å². The molecule has 0 fully saturated rings. The maximum atomic E-state index is 13.1. The summed E-state index contributed by atoms with van der Waals surface area (Å²) in [6.07, 6.45) is 3.45. The molecule has 9 heteroatoms. The van der Waals surface area contributed by atoms with Gasteiger partial charge in [0.1, 0.15) is 5.75 Å². The number of para-hydroxylation sites is 1. The third kappa shape index (κ3) is 3.97. The molecule has 2 heterocycles. The number of hydrogen-bond donors (Lipinski definition) is 1. The second-order valence-corrected chi connectivity index (χ2v) is 9.12. The Labute approximate surface area is 209 Å². The zero-order valence-corrected chi connectivity index (χ0v) is 20.8. The van der Waals surface area contributed by atoms with Gasteiger partial charge in [0.05, 0.1) is 28.0 Å². The van der Waals surface area contributed by atoms with Crippen LogP contribution in [0.4, 0.5) is 0 Å². The normalized spacial score (nSPS) is 11.5. The van der Waals surface area contributed by atoms with Crippen molar-refractivity contribution in [3.8, 4) is 17.2 Å². The summed E-state index contributed by atoms with van der Waals surface area (Å²) in [4.78, 5) is 28.8. The zero-order chi connectivity index (χ0) is 23.8. The molecule has 1 N–H and O–H groups in total. The van der Waals surface area contributed by atoms with Crippen LogP contribution in [0.1, 0.15) is 11.5 Å². The van der Waals surface area contributed by atoms with Crippen LogP contribution in [0.3, 0.4) is 0 Å². The van der Waals surface area contributed by atoms with Crippen LogP contribution in [-0.2, 0) is 0 Å². The number of H-pyrrole nitrogens is 1. The Hall–Kier alpha value is -3.56. The summed E-state index contributed by atoms with van der Waals surface area (Å²) in [5, 5.41) is 9.25. The number of rotatable bonds is 4. The van der Waals surface area contributed by atoms with E-state index in [1.165, 1.54) is 0 Å². The topological polar surface area (TPSA) is 98.1 Å². The molecule has 0 aliphatic heterocycles. The molecule has 0 saturated carbocycles. The zero-order valence-electron chi connectivity index (χ0n) is 17.6. The highest BCUT2D eigenvalue weighted by atomic mass is 79.9. The largest absolute Gasteiger partial charge is 0.495 e. The lowest BCUT2D eigenvalue weighted by molar-refractivity contribution is 0.411. The van der Waals surface area contributed by atoms with E-state index in [4.69, 9.17) is 9.15 Å². The van der Waals surface area contributed by atoms with Gasteiger partial charge in [-0.2, -0.15) is 0 Å². The summed E-state index contributed by atoms with van der Waals surface area (Å²) < 4.78 is 13.0. The summed E-state index contributed by atoms with van der Waals surface area (Å²) >= 11 is 6.94. The maximum absolute atomic E-state index is 13.1. The Bertz CT molecular complexity index is 1720. The van der Waals surface area contributed by atoms with Crippen LogP contribution in [0.25, 0.3) is 45.3 Å². The van der Waals surface area contributed by atoms with E-state index in [-0.39, 0.29) is 22.8 Å². The average Bonchev–Trinajstić information content (AvgIpc) is 3.27. The highest BCUT2D eigenvalue weighted by molar-refractivity contribution is 9.11. The summed E-state index contributed by atoms with van der Waals surface area (Å²) in [7, 11) is 1.59. The third-order valence-electron chi connectivity index (χ3n) is 5.28. The van der Waals surface area contributed by atoms with Crippen LogP contribution in [0.15, 0.2) is 77.5 Å². The van der Waals surface area contributed by atoms with Crippen molar-refractivity contribution < 1.29 is 9.15 Å². The number of ether oxygens (including phenoxy) is 1. The Kier molecular flexibility index (Phi) is 5.89. The van der Waals surface area contributed by atoms with Crippen LogP contribution in [0, 0.1) is 0 Å². The molecule has 0 amide bonds. The summed E-state index contributed by atoms with van der Waals surface area (Å²) in [6, 6.07) is 15.6. The predicted octanol–water partition coefficient (Wildman–Crippen LogP) is 5.80. The number of fused-ring (bicyclic) bond motifs is 2. The van der Waals surface area contributed by atoms with E-state index >= 15 is 0 Å². The lowest BCUT2D eigenvalue weighted by atomic mass is 10.1. The first-order chi connectivity index (χ1) is 16.5. The van der Waals surface area contributed by atoms with E-state index in [9.17, 15) is 9.59 Å². The lowest BCUT2D eigenvalue weighted by Crippen LogP contribution is -2.02. The van der Waals surface area contributed by atoms with Crippen molar-refractivity contribution in [1.82, 2.24) is 15.2 Å². The van der Waals surface area contributed by atoms with Gasteiger partial charge in [-0.1, -0.05) is 40.2 Å². The molecule has 5 aromatic rings. The third-order valence-corrected chi connectivity index (χ3v) is 6.33. The van der Waals surface area contributed by atoms with Crippen LogP contribution in [0.5, 0.6) is 5.75 Å². The minimum Gasteiger partial charge on any atom is -0.495 e. The molecule has 0 atom stereocenters. The second-order valence-electron chi connectivity index (χ2n) is 7.35. The molecule has 5 rings (SSSR count). The van der Waals surface area contributed by atoms with Crippen molar-refractivity contribution in [3.63, 3.8) is 0 Å². The molecule has 168 valence electrons. The smallest absolute Gasteiger partial charge is 0.256 e. The fraction of sp³-hybridized carbons (Fsp3) is 0.0400. The minimum atomic E-state index is -0.373. The van der Waals surface area contributed by atoms with Gasteiger partial charge in [-0.3, -0.25) is 9.59 Å². The molecular weight excluding hydrogens is 566 g/mol. The van der Waals surface area contributed by atoms with Crippen molar-refractivity contribution in [2.24, 2.45) is 0 Å². The number of aromatic nitrogens is 3. The molecule has 0 aliphatic rings. The fourth-order valence-electron chi connectivity index (χ4n) is 3.75. The number of benzene rings is 3. The number of aromatic amines is 1. The van der Waals surface area contributed by atoms with E-state index in [1.807, 2.05) is 12.1 Å². The highest BCUT2D eigenvalue weighted by Crippen LogP contribution is 2.34. The predicted molar refractivity (Wildman–Crippen MR) is 139 cm³/mol. The van der Waals surface area contributed by atoms with Gasteiger partial charge >= 0.3 is 0 Å². The van der Waals surface area contributed by atoms with E-state index in [1.54, 1.807) is 61.7 Å². The van der Waals surface area contributed by atoms with Crippen molar-refractivity contribution >= 4 is 65.7 Å². The van der Waals surface area contributed by atoms with Crippen molar-refractivity contribution in [3.05, 3.63) is 95.6 Å². The maximum Gasteiger partial charge on any atom is 0.256 e. The van der Waals surface area contributed by atoms with Gasteiger partial charge in [-0.15, -0.1) is 10.2 Å². The number of hydrogen-bond acceptors (Lipinski definition) is 6. The Morgan fingerprint density at radius 3 is 2.50 bits per heavy atom. The number of halogens is 2. The van der Waals surface area contributed by atoms with E-state index in [0.29, 0.717) is 33.0 Å². The molecule has 0 radical (unpaired) electrons. The quantitative estimate of drug-likeness (QED) is 0.289. The van der Waals surface area contributed by atoms with Crippen molar-refractivity contribution in [1.29, 1.82) is 0 Å². The lowest BCUT2D eigenvalue weighted by Gasteiger charge is -2.07. The number of methoxy groups -OCH3 is 1. The van der Waals surface area contributed by atoms with Crippen molar-refractivity contribution in [2.45, 2.75) is 0 Å². The average molecular weight is 581 g/mol. The summed E-state index contributed by atoms with van der Waals surface area (Å²) in [5.41, 5.74) is 0.972. The molecule has 0 unspecified atom stereocenters. The van der Waals surface area contributed by atoms with E-state index in [0.717, 1.165) is 14.5 Å². The Morgan fingerprint density at radius 1 is 0.941 bits per heavy atom. The fourth-order valence-corrected chi connectivity index (χ4v) is 5.17. The molecule has 34 heavy (non-hydrogen) atoms. The number of nitrogens with one attached hydrogen (secondary N) is 1. The van der Waals surface area contributed by atoms with Gasteiger partial charge in [-0.25, -0.2) is 0 Å². The second kappa shape index (κ2) is 9.00. The van der Waals surface area contributed by atoms with Crippen molar-refractivity contribution in [2.75, 3.05) is 7.11 Å². The summed E-state index contributed by atoms with van der Waals surface area (Å²) in [6.45, 7) is 0. The Morgan fingerprint density at radius 2 is 1.71 bits per heavy atom. The molecule has 0 bridgehead atoms. The Balaban J connectivity index is 1.62. The van der Waals surface area contributed by atoms with Crippen LogP contribution >= 0.6 is 31.9 Å². The van der Waals surface area contributed by atoms with Gasteiger partial charge in [0.25, 0.3) is 5.56 Å². The first kappa shape index (κ1) is 22.2. The highest BCUT2D eigenvalue weighted by Gasteiger charge is 2.15. The van der Waals surface area contributed by atoms with Crippen LogP contribution in [-0.4, -0.2) is 22.3 Å². The minimum absolute atomic E-state index is 0.179. The molecule has 2 aromatic heterocycles. The SMILES string of the molecule is COc1c(Br)cc(Br)cc1/C=C/c1nnc(-c2cccc3c(=O)c4ccccc4c(=O)[nH]c23)o1. The molecule has 0 spiro atoms. The summed E-state index contributed by atoms with van der Waals surface area (Å²) in [5.74, 6) is 1.09. The van der Waals surface area contributed by atoms with Gasteiger partial charge in [0.2, 0.25) is 11.8 Å². The van der Waals surface area contributed by atoms with Gasteiger partial charge in [0.15, 0.2) is 5.43 Å². The van der Waals surface area contributed by atoms with Crippen LogP contribution < -0.4 is 15.7 Å². The molecule has 3 aromatic carbocycles. The molecular formula is C25H15Br2N3O4. The molecule has 0 saturated heterocycles.